The Kier molecular flexibility index (Phi) is 19.7. The van der Waals surface area contributed by atoms with Crippen molar-refractivity contribution in [3.05, 3.63) is 0 Å². The summed E-state index contributed by atoms with van der Waals surface area (Å²) in [5, 5.41) is 8.52. The third kappa shape index (κ3) is 18.0. The fourth-order valence-corrected chi connectivity index (χ4v) is 2.31. The molecule has 23 heavy (non-hydrogen) atoms. The van der Waals surface area contributed by atoms with E-state index in [1.54, 1.807) is 0 Å². The Hall–Kier alpha value is -0.200. The first-order valence-electron chi connectivity index (χ1n) is 9.26. The zero-order valence-electron chi connectivity index (χ0n) is 15.3. The molecule has 0 spiro atoms. The molecule has 0 aliphatic rings. The molecule has 0 aliphatic carbocycles. The van der Waals surface area contributed by atoms with E-state index in [1.807, 2.05) is 0 Å². The summed E-state index contributed by atoms with van der Waals surface area (Å²) in [6, 6.07) is 0. The summed E-state index contributed by atoms with van der Waals surface area (Å²) >= 11 is 0. The van der Waals surface area contributed by atoms with Crippen molar-refractivity contribution in [1.82, 2.24) is 0 Å². The van der Waals surface area contributed by atoms with Crippen LogP contribution in [0.2, 0.25) is 0 Å². The summed E-state index contributed by atoms with van der Waals surface area (Å²) in [5.74, 6) is 0.809. The normalized spacial score (nSPS) is 12.7. The van der Waals surface area contributed by atoms with Gasteiger partial charge < -0.3 is 24.1 Å². The molecule has 0 saturated carbocycles. The van der Waals surface area contributed by atoms with Crippen LogP contribution in [0.15, 0.2) is 0 Å². The number of ether oxygens (including phenoxy) is 4. The second-order valence-corrected chi connectivity index (χ2v) is 5.73. The highest BCUT2D eigenvalue weighted by atomic mass is 16.6. The lowest BCUT2D eigenvalue weighted by atomic mass is 9.96. The third-order valence-corrected chi connectivity index (χ3v) is 3.82. The van der Waals surface area contributed by atoms with Gasteiger partial charge in [0.05, 0.1) is 52.9 Å². The second-order valence-electron chi connectivity index (χ2n) is 5.73. The molecule has 0 aromatic heterocycles. The van der Waals surface area contributed by atoms with Gasteiger partial charge in [0.15, 0.2) is 0 Å². The maximum absolute atomic E-state index is 8.52. The molecule has 5 nitrogen and oxygen atoms in total. The van der Waals surface area contributed by atoms with Gasteiger partial charge in [0.1, 0.15) is 0 Å². The van der Waals surface area contributed by atoms with Crippen LogP contribution in [-0.4, -0.2) is 64.6 Å². The van der Waals surface area contributed by atoms with Crippen molar-refractivity contribution in [3.8, 4) is 0 Å². The molecule has 0 aromatic rings. The van der Waals surface area contributed by atoms with Gasteiger partial charge in [-0.05, 0) is 12.3 Å². The average molecular weight is 334 g/mol. The molecule has 0 fully saturated rings. The van der Waals surface area contributed by atoms with Gasteiger partial charge in [0.25, 0.3) is 0 Å². The molecule has 140 valence electrons. The number of hydrogen-bond acceptors (Lipinski definition) is 5. The van der Waals surface area contributed by atoms with E-state index in [0.29, 0.717) is 46.2 Å². The van der Waals surface area contributed by atoms with Gasteiger partial charge in [-0.3, -0.25) is 0 Å². The Balaban J connectivity index is 3.17. The lowest BCUT2D eigenvalue weighted by Crippen LogP contribution is -2.13. The van der Waals surface area contributed by atoms with Gasteiger partial charge in [-0.15, -0.1) is 0 Å². The van der Waals surface area contributed by atoms with Crippen LogP contribution in [-0.2, 0) is 18.9 Å². The summed E-state index contributed by atoms with van der Waals surface area (Å²) in [5.41, 5.74) is 0. The van der Waals surface area contributed by atoms with Gasteiger partial charge >= 0.3 is 0 Å². The standard InChI is InChI=1S/C18H38O5/c1-3-5-6-7-18(4-2)8-10-20-12-14-22-16-17-23-15-13-21-11-9-19/h18-19H,3-17H2,1-2H3. The third-order valence-electron chi connectivity index (χ3n) is 3.82. The van der Waals surface area contributed by atoms with Crippen LogP contribution >= 0.6 is 0 Å². The quantitative estimate of drug-likeness (QED) is 0.368. The first-order valence-corrected chi connectivity index (χ1v) is 9.26. The Labute approximate surface area is 142 Å². The Bertz CT molecular complexity index is 214. The van der Waals surface area contributed by atoms with Crippen molar-refractivity contribution in [2.75, 3.05) is 59.5 Å². The second kappa shape index (κ2) is 19.8. The molecule has 0 aromatic carbocycles. The van der Waals surface area contributed by atoms with Crippen LogP contribution in [0.3, 0.4) is 0 Å². The van der Waals surface area contributed by atoms with E-state index in [1.165, 1.54) is 32.1 Å². The van der Waals surface area contributed by atoms with E-state index in [9.17, 15) is 0 Å². The zero-order chi connectivity index (χ0) is 17.0. The molecule has 0 radical (unpaired) electrons. The van der Waals surface area contributed by atoms with Gasteiger partial charge in [0.2, 0.25) is 0 Å². The van der Waals surface area contributed by atoms with E-state index < -0.39 is 0 Å². The summed E-state index contributed by atoms with van der Waals surface area (Å²) < 4.78 is 21.5. The van der Waals surface area contributed by atoms with Crippen LogP contribution < -0.4 is 0 Å². The minimum Gasteiger partial charge on any atom is -0.394 e. The van der Waals surface area contributed by atoms with E-state index in [2.05, 4.69) is 13.8 Å². The topological polar surface area (TPSA) is 57.2 Å². The lowest BCUT2D eigenvalue weighted by molar-refractivity contribution is -0.00661. The van der Waals surface area contributed by atoms with E-state index in [-0.39, 0.29) is 6.61 Å². The Morgan fingerprint density at radius 1 is 0.652 bits per heavy atom. The maximum Gasteiger partial charge on any atom is 0.0701 e. The molecule has 0 saturated heterocycles. The van der Waals surface area contributed by atoms with E-state index in [0.717, 1.165) is 18.9 Å². The van der Waals surface area contributed by atoms with Crippen LogP contribution in [0.1, 0.15) is 52.4 Å². The molecule has 0 aliphatic heterocycles. The molecular weight excluding hydrogens is 296 g/mol. The summed E-state index contributed by atoms with van der Waals surface area (Å²) in [6.45, 7) is 9.27. The van der Waals surface area contributed by atoms with Crippen LogP contribution in [0.25, 0.3) is 0 Å². The summed E-state index contributed by atoms with van der Waals surface area (Å²) in [7, 11) is 0. The molecule has 5 heteroatoms. The largest absolute Gasteiger partial charge is 0.394 e. The molecule has 1 unspecified atom stereocenters. The number of unbranched alkanes of at least 4 members (excludes halogenated alkanes) is 2. The van der Waals surface area contributed by atoms with Gasteiger partial charge in [-0.1, -0.05) is 46.0 Å². The number of hydrogen-bond donors (Lipinski definition) is 1. The van der Waals surface area contributed by atoms with Crippen LogP contribution in [0, 0.1) is 5.92 Å². The van der Waals surface area contributed by atoms with E-state index in [4.69, 9.17) is 24.1 Å². The van der Waals surface area contributed by atoms with Crippen molar-refractivity contribution < 1.29 is 24.1 Å². The van der Waals surface area contributed by atoms with Crippen molar-refractivity contribution in [3.63, 3.8) is 0 Å². The van der Waals surface area contributed by atoms with Crippen LogP contribution in [0.5, 0.6) is 0 Å². The number of rotatable bonds is 19. The first kappa shape index (κ1) is 22.8. The number of aliphatic hydroxyl groups is 1. The SMILES string of the molecule is CCCCCC(CC)CCOCCOCCOCCOCCO. The fraction of sp³-hybridized carbons (Fsp3) is 1.00. The van der Waals surface area contributed by atoms with Crippen molar-refractivity contribution in [1.29, 1.82) is 0 Å². The highest BCUT2D eigenvalue weighted by Crippen LogP contribution is 2.17. The maximum atomic E-state index is 8.52. The Morgan fingerprint density at radius 2 is 1.17 bits per heavy atom. The highest BCUT2D eigenvalue weighted by molar-refractivity contribution is 4.57. The predicted octanol–water partition coefficient (Wildman–Crippen LogP) is 3.04. The average Bonchev–Trinajstić information content (AvgIpc) is 2.57. The van der Waals surface area contributed by atoms with Crippen molar-refractivity contribution >= 4 is 0 Å². The minimum atomic E-state index is 0.0564. The molecular formula is C18H38O5. The monoisotopic (exact) mass is 334 g/mol. The molecule has 0 bridgehead atoms. The van der Waals surface area contributed by atoms with Gasteiger partial charge in [-0.2, -0.15) is 0 Å². The molecule has 0 heterocycles. The van der Waals surface area contributed by atoms with Crippen molar-refractivity contribution in [2.24, 2.45) is 5.92 Å². The minimum absolute atomic E-state index is 0.0564. The zero-order valence-corrected chi connectivity index (χ0v) is 15.3. The lowest BCUT2D eigenvalue weighted by Gasteiger charge is -2.14. The smallest absolute Gasteiger partial charge is 0.0701 e. The van der Waals surface area contributed by atoms with E-state index >= 15 is 0 Å². The molecule has 1 atom stereocenters. The predicted molar refractivity (Wildman–Crippen MR) is 92.9 cm³/mol. The van der Waals surface area contributed by atoms with Crippen molar-refractivity contribution in [2.45, 2.75) is 52.4 Å². The summed E-state index contributed by atoms with van der Waals surface area (Å²) in [4.78, 5) is 0. The number of aliphatic hydroxyl groups excluding tert-OH is 1. The molecule has 0 amide bonds. The molecule has 1 N–H and O–H groups in total. The summed E-state index contributed by atoms with van der Waals surface area (Å²) in [6.07, 6.45) is 7.75. The van der Waals surface area contributed by atoms with Crippen LogP contribution in [0.4, 0.5) is 0 Å². The Morgan fingerprint density at radius 3 is 1.65 bits per heavy atom. The fourth-order valence-electron chi connectivity index (χ4n) is 2.31. The first-order chi connectivity index (χ1) is 11.3. The highest BCUT2D eigenvalue weighted by Gasteiger charge is 2.05. The van der Waals surface area contributed by atoms with Gasteiger partial charge in [0, 0.05) is 6.61 Å². The molecule has 0 rings (SSSR count). The van der Waals surface area contributed by atoms with Gasteiger partial charge in [-0.25, -0.2) is 0 Å².